The van der Waals surface area contributed by atoms with Gasteiger partial charge in [-0.25, -0.2) is 8.42 Å². The van der Waals surface area contributed by atoms with Crippen LogP contribution in [0.4, 0.5) is 0 Å². The van der Waals surface area contributed by atoms with E-state index in [0.29, 0.717) is 17.1 Å². The normalized spacial score (nSPS) is 12.2. The number of halogens is 1. The summed E-state index contributed by atoms with van der Waals surface area (Å²) in [6.07, 6.45) is 1.81. The summed E-state index contributed by atoms with van der Waals surface area (Å²) in [5, 5.41) is 3.45. The van der Waals surface area contributed by atoms with Gasteiger partial charge in [-0.3, -0.25) is 9.59 Å². The zero-order valence-electron chi connectivity index (χ0n) is 21.0. The van der Waals surface area contributed by atoms with Crippen LogP contribution in [0.15, 0.2) is 84.9 Å². The molecule has 2 amide bonds. The summed E-state index contributed by atoms with van der Waals surface area (Å²) in [7, 11) is -3.73. The third-order valence-electron chi connectivity index (χ3n) is 5.79. The molecule has 1 N–H and O–H groups in total. The van der Waals surface area contributed by atoms with E-state index in [1.54, 1.807) is 60.7 Å². The number of amides is 2. The molecule has 3 aromatic carbocycles. The lowest BCUT2D eigenvalue weighted by Gasteiger charge is -2.33. The first kappa shape index (κ1) is 28.4. The maximum absolute atomic E-state index is 13.9. The Morgan fingerprint density at radius 3 is 2.00 bits per heavy atom. The van der Waals surface area contributed by atoms with Gasteiger partial charge in [0, 0.05) is 24.7 Å². The van der Waals surface area contributed by atoms with Gasteiger partial charge in [0.2, 0.25) is 21.8 Å². The van der Waals surface area contributed by atoms with Gasteiger partial charge in [-0.1, -0.05) is 91.3 Å². The van der Waals surface area contributed by atoms with Crippen LogP contribution >= 0.6 is 11.6 Å². The lowest BCUT2D eigenvalue weighted by Crippen LogP contribution is -2.47. The van der Waals surface area contributed by atoms with Crippen molar-refractivity contribution in [2.75, 3.05) is 19.3 Å². The molecule has 0 bridgehead atoms. The van der Waals surface area contributed by atoms with Crippen molar-refractivity contribution in [1.82, 2.24) is 14.5 Å². The quantitative estimate of drug-likeness (QED) is 0.368. The fraction of sp³-hybridized carbons (Fsp3) is 0.286. The summed E-state index contributed by atoms with van der Waals surface area (Å²) in [5.41, 5.74) is 2.15. The fourth-order valence-electron chi connectivity index (χ4n) is 3.88. The van der Waals surface area contributed by atoms with Crippen LogP contribution in [0, 0.1) is 0 Å². The standard InChI is InChI=1S/C28H32ClN3O4S/c1-3-18-30-28(34)27(24-12-8-5-9-13-24)32(20-23-14-16-25(29)17-15-23)26(33)21-31(37(2,35)36)19-22-10-6-4-7-11-22/h4-17,27H,3,18-21H2,1-2H3,(H,30,34). The molecular weight excluding hydrogens is 510 g/mol. The molecule has 37 heavy (non-hydrogen) atoms. The van der Waals surface area contributed by atoms with Crippen LogP contribution in [-0.4, -0.2) is 48.8 Å². The first-order valence-electron chi connectivity index (χ1n) is 12.0. The molecule has 7 nitrogen and oxygen atoms in total. The molecule has 0 aliphatic heterocycles. The number of sulfonamides is 1. The van der Waals surface area contributed by atoms with Gasteiger partial charge in [0.1, 0.15) is 6.04 Å². The molecule has 0 saturated carbocycles. The van der Waals surface area contributed by atoms with Gasteiger partial charge in [0.05, 0.1) is 12.8 Å². The van der Waals surface area contributed by atoms with Crippen LogP contribution in [0.2, 0.25) is 5.02 Å². The van der Waals surface area contributed by atoms with E-state index >= 15 is 0 Å². The molecule has 3 aromatic rings. The molecular formula is C28H32ClN3O4S. The van der Waals surface area contributed by atoms with Crippen LogP contribution in [0.25, 0.3) is 0 Å². The van der Waals surface area contributed by atoms with Crippen molar-refractivity contribution in [3.8, 4) is 0 Å². The molecule has 0 saturated heterocycles. The van der Waals surface area contributed by atoms with Gasteiger partial charge in [-0.15, -0.1) is 0 Å². The highest BCUT2D eigenvalue weighted by atomic mass is 35.5. The number of hydrogen-bond donors (Lipinski definition) is 1. The third-order valence-corrected chi connectivity index (χ3v) is 7.24. The van der Waals surface area contributed by atoms with Crippen molar-refractivity contribution >= 4 is 33.4 Å². The topological polar surface area (TPSA) is 86.8 Å². The van der Waals surface area contributed by atoms with Gasteiger partial charge in [-0.05, 0) is 35.2 Å². The SMILES string of the molecule is CCCNC(=O)C(c1ccccc1)N(Cc1ccc(Cl)cc1)C(=O)CN(Cc1ccccc1)S(C)(=O)=O. The minimum absolute atomic E-state index is 0.0399. The average Bonchev–Trinajstić information content (AvgIpc) is 2.88. The minimum Gasteiger partial charge on any atom is -0.354 e. The zero-order valence-corrected chi connectivity index (χ0v) is 22.6. The highest BCUT2D eigenvalue weighted by molar-refractivity contribution is 7.88. The second kappa shape index (κ2) is 13.4. The Balaban J connectivity index is 2.00. The molecule has 0 radical (unpaired) electrons. The molecule has 1 unspecified atom stereocenters. The smallest absolute Gasteiger partial charge is 0.247 e. The van der Waals surface area contributed by atoms with Crippen LogP contribution in [0.3, 0.4) is 0 Å². The van der Waals surface area contributed by atoms with Crippen LogP contribution in [0.1, 0.15) is 36.1 Å². The third kappa shape index (κ3) is 8.42. The van der Waals surface area contributed by atoms with Crippen LogP contribution < -0.4 is 5.32 Å². The molecule has 3 rings (SSSR count). The van der Waals surface area contributed by atoms with Crippen molar-refractivity contribution in [2.24, 2.45) is 0 Å². The molecule has 0 fully saturated rings. The summed E-state index contributed by atoms with van der Waals surface area (Å²) in [4.78, 5) is 28.7. The molecule has 0 heterocycles. The predicted octanol–water partition coefficient (Wildman–Crippen LogP) is 4.40. The summed E-state index contributed by atoms with van der Waals surface area (Å²) < 4.78 is 26.5. The highest BCUT2D eigenvalue weighted by Crippen LogP contribution is 2.25. The van der Waals surface area contributed by atoms with Crippen molar-refractivity contribution in [2.45, 2.75) is 32.5 Å². The van der Waals surface area contributed by atoms with Gasteiger partial charge in [0.25, 0.3) is 0 Å². The predicted molar refractivity (Wildman–Crippen MR) is 146 cm³/mol. The maximum Gasteiger partial charge on any atom is 0.247 e. The van der Waals surface area contributed by atoms with Gasteiger partial charge >= 0.3 is 0 Å². The molecule has 0 aromatic heterocycles. The molecule has 1 atom stereocenters. The Labute approximate surface area is 224 Å². The second-order valence-electron chi connectivity index (χ2n) is 8.77. The largest absolute Gasteiger partial charge is 0.354 e. The molecule has 0 spiro atoms. The van der Waals surface area contributed by atoms with E-state index in [9.17, 15) is 18.0 Å². The summed E-state index contributed by atoms with van der Waals surface area (Å²) in [6.45, 7) is 2.12. The Morgan fingerprint density at radius 2 is 1.43 bits per heavy atom. The average molecular weight is 542 g/mol. The monoisotopic (exact) mass is 541 g/mol. The molecule has 0 aliphatic rings. The number of rotatable bonds is 12. The molecule has 0 aliphatic carbocycles. The van der Waals surface area contributed by atoms with E-state index in [0.717, 1.165) is 28.1 Å². The highest BCUT2D eigenvalue weighted by Gasteiger charge is 2.33. The lowest BCUT2D eigenvalue weighted by molar-refractivity contribution is -0.141. The Kier molecular flexibility index (Phi) is 10.3. The van der Waals surface area contributed by atoms with E-state index in [1.165, 1.54) is 4.90 Å². The first-order chi connectivity index (χ1) is 17.7. The minimum atomic E-state index is -3.73. The zero-order chi connectivity index (χ0) is 26.8. The van der Waals surface area contributed by atoms with Crippen LogP contribution in [0.5, 0.6) is 0 Å². The van der Waals surface area contributed by atoms with Crippen molar-refractivity contribution in [3.05, 3.63) is 107 Å². The number of carbonyl (C=O) groups excluding carboxylic acids is 2. The maximum atomic E-state index is 13.9. The first-order valence-corrected chi connectivity index (χ1v) is 14.3. The summed E-state index contributed by atoms with van der Waals surface area (Å²) >= 11 is 6.05. The van der Waals surface area contributed by atoms with E-state index in [2.05, 4.69) is 5.32 Å². The second-order valence-corrected chi connectivity index (χ2v) is 11.2. The van der Waals surface area contributed by atoms with Gasteiger partial charge in [-0.2, -0.15) is 4.31 Å². The number of benzene rings is 3. The van der Waals surface area contributed by atoms with E-state index < -0.39 is 28.5 Å². The Morgan fingerprint density at radius 1 is 0.865 bits per heavy atom. The summed E-state index contributed by atoms with van der Waals surface area (Å²) in [5.74, 6) is -0.818. The van der Waals surface area contributed by atoms with Gasteiger partial charge in [0.15, 0.2) is 0 Å². The number of hydrogen-bond acceptors (Lipinski definition) is 4. The summed E-state index contributed by atoms with van der Waals surface area (Å²) in [6, 6.07) is 24.1. The van der Waals surface area contributed by atoms with Crippen LogP contribution in [-0.2, 0) is 32.7 Å². The molecule has 196 valence electrons. The van der Waals surface area contributed by atoms with E-state index in [1.807, 2.05) is 31.2 Å². The Bertz CT molecular complexity index is 1270. The van der Waals surface area contributed by atoms with Crippen molar-refractivity contribution in [3.63, 3.8) is 0 Å². The van der Waals surface area contributed by atoms with Crippen molar-refractivity contribution in [1.29, 1.82) is 0 Å². The number of carbonyl (C=O) groups is 2. The van der Waals surface area contributed by atoms with E-state index in [4.69, 9.17) is 11.6 Å². The Hall–Kier alpha value is -3.20. The lowest BCUT2D eigenvalue weighted by atomic mass is 10.0. The molecule has 9 heteroatoms. The number of nitrogens with one attached hydrogen (secondary N) is 1. The van der Waals surface area contributed by atoms with Gasteiger partial charge < -0.3 is 10.2 Å². The van der Waals surface area contributed by atoms with E-state index in [-0.39, 0.29) is 19.0 Å². The fourth-order valence-corrected chi connectivity index (χ4v) is 4.74. The number of nitrogens with zero attached hydrogens (tertiary/aromatic N) is 2. The van der Waals surface area contributed by atoms with Crippen molar-refractivity contribution < 1.29 is 18.0 Å².